The number of rotatable bonds is 4. The number of carbonyl (C=O) groups excluding carboxylic acids is 1. The molecule has 122 valence electrons. The van der Waals surface area contributed by atoms with Crippen molar-refractivity contribution in [3.05, 3.63) is 65.1 Å². The van der Waals surface area contributed by atoms with Gasteiger partial charge in [-0.3, -0.25) is 18.4 Å². The zero-order valence-corrected chi connectivity index (χ0v) is 13.7. The fraction of sp³-hybridized carbons (Fsp3) is 0.118. The molecule has 1 unspecified atom stereocenters. The van der Waals surface area contributed by atoms with Crippen molar-refractivity contribution in [1.82, 2.24) is 9.55 Å². The van der Waals surface area contributed by atoms with Crippen LogP contribution in [0.25, 0.3) is 11.0 Å². The maximum Gasteiger partial charge on any atom is 0.269 e. The molecule has 7 heteroatoms. The first-order valence-corrected chi connectivity index (χ1v) is 8.78. The second-order valence-electron chi connectivity index (χ2n) is 5.20. The van der Waals surface area contributed by atoms with Gasteiger partial charge in [0.2, 0.25) is 5.91 Å². The Hall–Kier alpha value is -2.80. The van der Waals surface area contributed by atoms with Gasteiger partial charge in [-0.2, -0.15) is 0 Å². The fourth-order valence-electron chi connectivity index (χ4n) is 2.37. The molecule has 0 radical (unpaired) electrons. The van der Waals surface area contributed by atoms with Crippen LogP contribution in [0.1, 0.15) is 0 Å². The van der Waals surface area contributed by atoms with E-state index in [1.807, 2.05) is 6.07 Å². The molecule has 1 N–H and O–H groups in total. The van der Waals surface area contributed by atoms with E-state index < -0.39 is 10.8 Å². The predicted octanol–water partition coefficient (Wildman–Crippen LogP) is 1.77. The van der Waals surface area contributed by atoms with E-state index in [1.54, 1.807) is 48.7 Å². The van der Waals surface area contributed by atoms with E-state index in [-0.39, 0.29) is 18.0 Å². The molecule has 3 aromatic rings. The van der Waals surface area contributed by atoms with Crippen LogP contribution in [0.15, 0.2) is 64.4 Å². The molecular weight excluding hydrogens is 326 g/mol. The second kappa shape index (κ2) is 6.76. The largest absolute Gasteiger partial charge is 0.324 e. The molecule has 1 atom stereocenters. The van der Waals surface area contributed by atoms with E-state index >= 15 is 0 Å². The first-order chi connectivity index (χ1) is 11.5. The van der Waals surface area contributed by atoms with Crippen LogP contribution >= 0.6 is 0 Å². The standard InChI is InChI=1S/C17H15N3O3S/c1-24(23)13-6-4-5-12(9-13)19-16(21)11-20-15-8-3-2-7-14(15)18-10-17(20)22/h2-10H,11H2,1H3,(H,19,21). The topological polar surface area (TPSA) is 81.1 Å². The second-order valence-corrected chi connectivity index (χ2v) is 6.58. The van der Waals surface area contributed by atoms with E-state index in [0.29, 0.717) is 21.6 Å². The molecular formula is C17H15N3O3S. The summed E-state index contributed by atoms with van der Waals surface area (Å²) in [5.74, 6) is -0.340. The minimum absolute atomic E-state index is 0.124. The van der Waals surface area contributed by atoms with Crippen LogP contribution < -0.4 is 10.9 Å². The Morgan fingerprint density at radius 2 is 2.00 bits per heavy atom. The first kappa shape index (κ1) is 16.1. The average molecular weight is 341 g/mol. The van der Waals surface area contributed by atoms with Crippen molar-refractivity contribution in [2.75, 3.05) is 11.6 Å². The van der Waals surface area contributed by atoms with Gasteiger partial charge in [0.25, 0.3) is 5.56 Å². The summed E-state index contributed by atoms with van der Waals surface area (Å²) in [6.45, 7) is -0.124. The summed E-state index contributed by atoms with van der Waals surface area (Å²) >= 11 is 0. The third kappa shape index (κ3) is 3.41. The number of carbonyl (C=O) groups is 1. The van der Waals surface area contributed by atoms with Crippen molar-refractivity contribution in [2.24, 2.45) is 0 Å². The Morgan fingerprint density at radius 3 is 2.79 bits per heavy atom. The van der Waals surface area contributed by atoms with Gasteiger partial charge in [-0.25, -0.2) is 4.98 Å². The highest BCUT2D eigenvalue weighted by atomic mass is 32.2. The smallest absolute Gasteiger partial charge is 0.269 e. The number of nitrogens with one attached hydrogen (secondary N) is 1. The summed E-state index contributed by atoms with van der Waals surface area (Å²) in [5, 5.41) is 2.72. The molecule has 0 saturated heterocycles. The molecule has 3 rings (SSSR count). The number of hydrogen-bond acceptors (Lipinski definition) is 4. The highest BCUT2D eigenvalue weighted by molar-refractivity contribution is 7.84. The molecule has 24 heavy (non-hydrogen) atoms. The summed E-state index contributed by atoms with van der Waals surface area (Å²) < 4.78 is 12.9. The molecule has 0 aliphatic rings. The quantitative estimate of drug-likeness (QED) is 0.784. The first-order valence-electron chi connectivity index (χ1n) is 7.22. The van der Waals surface area contributed by atoms with Crippen molar-refractivity contribution in [1.29, 1.82) is 0 Å². The van der Waals surface area contributed by atoms with E-state index in [2.05, 4.69) is 10.3 Å². The monoisotopic (exact) mass is 341 g/mol. The minimum atomic E-state index is -1.13. The van der Waals surface area contributed by atoms with Gasteiger partial charge in [0, 0.05) is 27.6 Å². The molecule has 0 aliphatic carbocycles. The minimum Gasteiger partial charge on any atom is -0.324 e. The Balaban J connectivity index is 1.86. The predicted molar refractivity (Wildman–Crippen MR) is 93.4 cm³/mol. The summed E-state index contributed by atoms with van der Waals surface area (Å²) in [6.07, 6.45) is 2.78. The molecule has 0 saturated carbocycles. The van der Waals surface area contributed by atoms with Crippen LogP contribution in [0, 0.1) is 0 Å². The molecule has 0 fully saturated rings. The van der Waals surface area contributed by atoms with Gasteiger partial charge in [-0.1, -0.05) is 18.2 Å². The lowest BCUT2D eigenvalue weighted by Crippen LogP contribution is -2.28. The fourth-order valence-corrected chi connectivity index (χ4v) is 2.94. The highest BCUT2D eigenvalue weighted by Gasteiger charge is 2.09. The Bertz CT molecular complexity index is 998. The summed E-state index contributed by atoms with van der Waals surface area (Å²) in [4.78, 5) is 29.0. The van der Waals surface area contributed by atoms with Crippen molar-refractivity contribution in [2.45, 2.75) is 11.4 Å². The summed E-state index contributed by atoms with van der Waals surface area (Å²) in [6, 6.07) is 14.0. The van der Waals surface area contributed by atoms with Gasteiger partial charge in [0.15, 0.2) is 0 Å². The molecule has 0 aliphatic heterocycles. The van der Waals surface area contributed by atoms with Gasteiger partial charge in [-0.15, -0.1) is 0 Å². The van der Waals surface area contributed by atoms with Crippen molar-refractivity contribution in [3.8, 4) is 0 Å². The van der Waals surface area contributed by atoms with Gasteiger partial charge < -0.3 is 5.32 Å². The van der Waals surface area contributed by atoms with Gasteiger partial charge in [0.1, 0.15) is 6.54 Å². The van der Waals surface area contributed by atoms with Crippen molar-refractivity contribution < 1.29 is 9.00 Å². The van der Waals surface area contributed by atoms with E-state index in [0.717, 1.165) is 0 Å². The van der Waals surface area contributed by atoms with Crippen LogP contribution in [-0.4, -0.2) is 25.9 Å². The van der Waals surface area contributed by atoms with Crippen molar-refractivity contribution >= 4 is 33.4 Å². The number of para-hydroxylation sites is 2. The third-order valence-electron chi connectivity index (χ3n) is 3.50. The number of anilines is 1. The lowest BCUT2D eigenvalue weighted by molar-refractivity contribution is -0.116. The maximum atomic E-state index is 12.3. The van der Waals surface area contributed by atoms with Gasteiger partial charge in [-0.05, 0) is 30.3 Å². The summed E-state index contributed by atoms with van der Waals surface area (Å²) in [7, 11) is -1.13. The molecule has 1 heterocycles. The lowest BCUT2D eigenvalue weighted by Gasteiger charge is -2.10. The van der Waals surface area contributed by atoms with Crippen LogP contribution in [-0.2, 0) is 22.1 Å². The number of amides is 1. The normalized spacial score (nSPS) is 12.0. The molecule has 6 nitrogen and oxygen atoms in total. The van der Waals surface area contributed by atoms with Crippen LogP contribution in [0.2, 0.25) is 0 Å². The molecule has 0 bridgehead atoms. The van der Waals surface area contributed by atoms with Gasteiger partial charge in [0.05, 0.1) is 17.2 Å². The average Bonchev–Trinajstić information content (AvgIpc) is 2.57. The highest BCUT2D eigenvalue weighted by Crippen LogP contribution is 2.14. The Morgan fingerprint density at radius 1 is 1.21 bits per heavy atom. The van der Waals surface area contributed by atoms with E-state index in [9.17, 15) is 13.8 Å². The van der Waals surface area contributed by atoms with Gasteiger partial charge >= 0.3 is 0 Å². The number of fused-ring (bicyclic) bond motifs is 1. The molecule has 0 spiro atoms. The molecule has 1 aromatic heterocycles. The summed E-state index contributed by atoms with van der Waals surface area (Å²) in [5.41, 5.74) is 1.45. The maximum absolute atomic E-state index is 12.3. The van der Waals surface area contributed by atoms with Crippen LogP contribution in [0.3, 0.4) is 0 Å². The third-order valence-corrected chi connectivity index (χ3v) is 4.42. The Labute approximate surface area is 140 Å². The van der Waals surface area contributed by atoms with E-state index in [1.165, 1.54) is 10.8 Å². The number of aromatic nitrogens is 2. The zero-order chi connectivity index (χ0) is 17.1. The van der Waals surface area contributed by atoms with Crippen molar-refractivity contribution in [3.63, 3.8) is 0 Å². The zero-order valence-electron chi connectivity index (χ0n) is 12.9. The Kier molecular flexibility index (Phi) is 4.52. The lowest BCUT2D eigenvalue weighted by atomic mass is 10.3. The number of nitrogens with zero attached hydrogens (tertiary/aromatic N) is 2. The molecule has 1 amide bonds. The van der Waals surface area contributed by atoms with E-state index in [4.69, 9.17) is 0 Å². The number of hydrogen-bond donors (Lipinski definition) is 1. The molecule has 2 aromatic carbocycles. The van der Waals surface area contributed by atoms with Crippen LogP contribution in [0.5, 0.6) is 0 Å². The SMILES string of the molecule is CS(=O)c1cccc(NC(=O)Cn2c(=O)cnc3ccccc32)c1. The number of benzene rings is 2. The van der Waals surface area contributed by atoms with Crippen LogP contribution in [0.4, 0.5) is 5.69 Å².